The minimum Gasteiger partial charge on any atom is -0.381 e. The highest BCUT2D eigenvalue weighted by Gasteiger charge is 2.36. The van der Waals surface area contributed by atoms with Gasteiger partial charge in [-0.25, -0.2) is 13.1 Å². The van der Waals surface area contributed by atoms with Gasteiger partial charge in [0.15, 0.2) is 0 Å². The van der Waals surface area contributed by atoms with Crippen LogP contribution < -0.4 is 4.72 Å². The molecular formula is C17H20ClNO3S2. The molecule has 1 N–H and O–H groups in total. The van der Waals surface area contributed by atoms with Crippen molar-refractivity contribution in [3.05, 3.63) is 51.2 Å². The van der Waals surface area contributed by atoms with E-state index >= 15 is 0 Å². The molecule has 0 spiro atoms. The lowest BCUT2D eigenvalue weighted by Gasteiger charge is -2.36. The van der Waals surface area contributed by atoms with E-state index in [0.29, 0.717) is 30.3 Å². The smallest absolute Gasteiger partial charge is 0.240 e. The van der Waals surface area contributed by atoms with Crippen molar-refractivity contribution in [2.75, 3.05) is 19.8 Å². The van der Waals surface area contributed by atoms with Gasteiger partial charge in [-0.05, 0) is 48.9 Å². The van der Waals surface area contributed by atoms with E-state index in [2.05, 4.69) is 10.8 Å². The largest absolute Gasteiger partial charge is 0.381 e. The normalized spacial score (nSPS) is 17.8. The second-order valence-electron chi connectivity index (χ2n) is 6.10. The van der Waals surface area contributed by atoms with Crippen LogP contribution in [-0.4, -0.2) is 28.2 Å². The number of benzene rings is 1. The van der Waals surface area contributed by atoms with Gasteiger partial charge in [-0.15, -0.1) is 11.3 Å². The topological polar surface area (TPSA) is 55.4 Å². The van der Waals surface area contributed by atoms with Crippen LogP contribution in [0.1, 0.15) is 23.3 Å². The van der Waals surface area contributed by atoms with Crippen LogP contribution in [0.15, 0.2) is 40.6 Å². The predicted octanol–water partition coefficient (Wildman–Crippen LogP) is 3.74. The molecule has 0 radical (unpaired) electrons. The highest BCUT2D eigenvalue weighted by atomic mass is 35.5. The van der Waals surface area contributed by atoms with Crippen molar-refractivity contribution in [2.24, 2.45) is 0 Å². The molecule has 1 saturated heterocycles. The monoisotopic (exact) mass is 385 g/mol. The van der Waals surface area contributed by atoms with Gasteiger partial charge in [-0.3, -0.25) is 0 Å². The lowest BCUT2D eigenvalue weighted by atomic mass is 9.79. The molecule has 1 fully saturated rings. The Kier molecular flexibility index (Phi) is 5.32. The molecular weight excluding hydrogens is 366 g/mol. The standard InChI is InChI=1S/C17H20ClNO3S2/c1-13-4-5-14(18)11-15(13)24(20,21)19-12-17(6-8-22-9-7-17)16-3-2-10-23-16/h2-5,10-11,19H,6-9,12H2,1H3. The first-order valence-electron chi connectivity index (χ1n) is 7.81. The highest BCUT2D eigenvalue weighted by Crippen LogP contribution is 2.37. The van der Waals surface area contributed by atoms with Gasteiger partial charge < -0.3 is 4.74 Å². The molecule has 1 aliphatic heterocycles. The van der Waals surface area contributed by atoms with Gasteiger partial charge in [0.1, 0.15) is 0 Å². The first kappa shape index (κ1) is 17.9. The molecule has 1 aromatic carbocycles. The van der Waals surface area contributed by atoms with Crippen molar-refractivity contribution in [3.8, 4) is 0 Å². The van der Waals surface area contributed by atoms with E-state index in [1.165, 1.54) is 10.9 Å². The fraction of sp³-hybridized carbons (Fsp3) is 0.412. The molecule has 0 bridgehead atoms. The zero-order valence-electron chi connectivity index (χ0n) is 13.4. The first-order valence-corrected chi connectivity index (χ1v) is 10.5. The summed E-state index contributed by atoms with van der Waals surface area (Å²) in [6, 6.07) is 9.00. The predicted molar refractivity (Wildman–Crippen MR) is 97.4 cm³/mol. The third kappa shape index (κ3) is 3.68. The average molecular weight is 386 g/mol. The van der Waals surface area contributed by atoms with Crippen LogP contribution in [0.3, 0.4) is 0 Å². The maximum absolute atomic E-state index is 12.8. The lowest BCUT2D eigenvalue weighted by molar-refractivity contribution is 0.0529. The number of sulfonamides is 1. The number of rotatable bonds is 5. The first-order chi connectivity index (χ1) is 11.4. The molecule has 2 aromatic rings. The summed E-state index contributed by atoms with van der Waals surface area (Å²) in [4.78, 5) is 1.44. The lowest BCUT2D eigenvalue weighted by Crippen LogP contribution is -2.44. The Morgan fingerprint density at radius 1 is 1.29 bits per heavy atom. The molecule has 0 aliphatic carbocycles. The molecule has 2 heterocycles. The van der Waals surface area contributed by atoms with E-state index in [4.69, 9.17) is 16.3 Å². The Labute approximate surface area is 151 Å². The minimum atomic E-state index is -3.61. The third-order valence-electron chi connectivity index (χ3n) is 4.53. The van der Waals surface area contributed by atoms with Crippen molar-refractivity contribution in [3.63, 3.8) is 0 Å². The Hall–Kier alpha value is -0.920. The Balaban J connectivity index is 1.85. The Bertz CT molecular complexity index is 797. The van der Waals surface area contributed by atoms with Crippen LogP contribution in [-0.2, 0) is 20.2 Å². The number of aryl methyl sites for hydroxylation is 1. The van der Waals surface area contributed by atoms with Crippen molar-refractivity contribution >= 4 is 33.0 Å². The highest BCUT2D eigenvalue weighted by molar-refractivity contribution is 7.89. The van der Waals surface area contributed by atoms with Crippen molar-refractivity contribution in [1.29, 1.82) is 0 Å². The van der Waals surface area contributed by atoms with Crippen molar-refractivity contribution in [2.45, 2.75) is 30.1 Å². The molecule has 1 aromatic heterocycles. The molecule has 4 nitrogen and oxygen atoms in total. The van der Waals surface area contributed by atoms with Gasteiger partial charge >= 0.3 is 0 Å². The van der Waals surface area contributed by atoms with Crippen molar-refractivity contribution < 1.29 is 13.2 Å². The van der Waals surface area contributed by atoms with E-state index in [-0.39, 0.29) is 10.3 Å². The summed E-state index contributed by atoms with van der Waals surface area (Å²) >= 11 is 7.64. The maximum Gasteiger partial charge on any atom is 0.240 e. The van der Waals surface area contributed by atoms with Crippen LogP contribution in [0.2, 0.25) is 5.02 Å². The van der Waals surface area contributed by atoms with Gasteiger partial charge in [-0.1, -0.05) is 23.7 Å². The summed E-state index contributed by atoms with van der Waals surface area (Å²) in [5.74, 6) is 0. The fourth-order valence-corrected chi connectivity index (χ4v) is 5.65. The van der Waals surface area contributed by atoms with Crippen LogP contribution in [0.5, 0.6) is 0 Å². The van der Waals surface area contributed by atoms with Gasteiger partial charge in [0.05, 0.1) is 4.90 Å². The summed E-state index contributed by atoms with van der Waals surface area (Å²) in [5.41, 5.74) is 0.482. The summed E-state index contributed by atoms with van der Waals surface area (Å²) in [5, 5.41) is 2.45. The summed E-state index contributed by atoms with van der Waals surface area (Å²) < 4.78 is 33.8. The Morgan fingerprint density at radius 2 is 2.04 bits per heavy atom. The molecule has 0 amide bonds. The number of thiophene rings is 1. The van der Waals surface area contributed by atoms with Gasteiger partial charge in [-0.2, -0.15) is 0 Å². The zero-order chi connectivity index (χ0) is 17.2. The van der Waals surface area contributed by atoms with Crippen LogP contribution in [0, 0.1) is 6.92 Å². The molecule has 3 rings (SSSR count). The van der Waals surface area contributed by atoms with E-state index in [9.17, 15) is 8.42 Å². The van der Waals surface area contributed by atoms with Gasteiger partial charge in [0.2, 0.25) is 10.0 Å². The SMILES string of the molecule is Cc1ccc(Cl)cc1S(=O)(=O)NCC1(c2cccs2)CCOCC1. The number of nitrogens with one attached hydrogen (secondary N) is 1. The maximum atomic E-state index is 12.8. The van der Waals surface area contributed by atoms with Crippen LogP contribution in [0.25, 0.3) is 0 Å². The van der Waals surface area contributed by atoms with Crippen molar-refractivity contribution in [1.82, 2.24) is 4.72 Å². The summed E-state index contributed by atoms with van der Waals surface area (Å²) in [6.07, 6.45) is 1.62. The molecule has 7 heteroatoms. The van der Waals surface area contributed by atoms with E-state index in [1.54, 1.807) is 30.4 Å². The van der Waals surface area contributed by atoms with E-state index in [1.807, 2.05) is 11.4 Å². The molecule has 0 atom stereocenters. The quantitative estimate of drug-likeness (QED) is 0.853. The minimum absolute atomic E-state index is 0.202. The van der Waals surface area contributed by atoms with Gasteiger partial charge in [0.25, 0.3) is 0 Å². The molecule has 0 saturated carbocycles. The van der Waals surface area contributed by atoms with E-state index in [0.717, 1.165) is 12.8 Å². The number of hydrogen-bond donors (Lipinski definition) is 1. The average Bonchev–Trinajstić information content (AvgIpc) is 3.11. The number of halogens is 1. The number of hydrogen-bond acceptors (Lipinski definition) is 4. The molecule has 24 heavy (non-hydrogen) atoms. The molecule has 0 unspecified atom stereocenters. The fourth-order valence-electron chi connectivity index (χ4n) is 3.03. The second kappa shape index (κ2) is 7.14. The third-order valence-corrected chi connectivity index (χ3v) is 7.43. The van der Waals surface area contributed by atoms with E-state index < -0.39 is 10.0 Å². The summed E-state index contributed by atoms with van der Waals surface area (Å²) in [7, 11) is -3.61. The van der Waals surface area contributed by atoms with Gasteiger partial charge in [0, 0.05) is 35.1 Å². The second-order valence-corrected chi connectivity index (χ2v) is 9.22. The summed E-state index contributed by atoms with van der Waals surface area (Å²) in [6.45, 7) is 3.44. The van der Waals surface area contributed by atoms with Crippen LogP contribution in [0.4, 0.5) is 0 Å². The molecule has 1 aliphatic rings. The van der Waals surface area contributed by atoms with Crippen LogP contribution >= 0.6 is 22.9 Å². The Morgan fingerprint density at radius 3 is 2.71 bits per heavy atom. The number of ether oxygens (including phenoxy) is 1. The zero-order valence-corrected chi connectivity index (χ0v) is 15.8. The molecule has 130 valence electrons.